The molecule has 1 amide bonds. The second-order valence-corrected chi connectivity index (χ2v) is 4.17. The Morgan fingerprint density at radius 1 is 1.37 bits per heavy atom. The van der Waals surface area contributed by atoms with Crippen molar-refractivity contribution in [2.75, 3.05) is 19.7 Å². The molecule has 0 bridgehead atoms. The van der Waals surface area contributed by atoms with E-state index in [1.165, 1.54) is 5.56 Å². The van der Waals surface area contributed by atoms with Crippen molar-refractivity contribution in [3.8, 4) is 0 Å². The van der Waals surface area contributed by atoms with Crippen LogP contribution >= 0.6 is 12.4 Å². The maximum atomic E-state index is 11.1. The van der Waals surface area contributed by atoms with E-state index in [1.54, 1.807) is 0 Å². The summed E-state index contributed by atoms with van der Waals surface area (Å²) < 4.78 is 5.69. The molecule has 0 aliphatic carbocycles. The van der Waals surface area contributed by atoms with Crippen molar-refractivity contribution >= 4 is 18.3 Å². The van der Waals surface area contributed by atoms with E-state index in [9.17, 15) is 4.79 Å². The van der Waals surface area contributed by atoms with E-state index in [4.69, 9.17) is 10.5 Å². The van der Waals surface area contributed by atoms with Gasteiger partial charge in [-0.2, -0.15) is 0 Å². The molecular weight excluding hydrogens is 264 g/mol. The summed E-state index contributed by atoms with van der Waals surface area (Å²) in [7, 11) is 0. The number of nitrogens with one attached hydrogen (secondary N) is 1. The number of nitrogens with two attached hydrogens (primary N) is 1. The van der Waals surface area contributed by atoms with Gasteiger partial charge in [-0.25, -0.2) is 0 Å². The van der Waals surface area contributed by atoms with Crippen molar-refractivity contribution in [3.05, 3.63) is 35.9 Å². The summed E-state index contributed by atoms with van der Waals surface area (Å²) in [6, 6.07) is 10.1. The van der Waals surface area contributed by atoms with Gasteiger partial charge in [-0.05, 0) is 18.9 Å². The van der Waals surface area contributed by atoms with Gasteiger partial charge in [0.15, 0.2) is 0 Å². The fourth-order valence-corrected chi connectivity index (χ4v) is 1.60. The van der Waals surface area contributed by atoms with Crippen LogP contribution in [0.2, 0.25) is 0 Å². The van der Waals surface area contributed by atoms with Crippen LogP contribution in [-0.4, -0.2) is 25.6 Å². The van der Waals surface area contributed by atoms with Crippen LogP contribution in [-0.2, 0) is 9.53 Å². The highest BCUT2D eigenvalue weighted by molar-refractivity contribution is 5.85. The standard InChI is InChI=1S/C14H22N2O2.ClH/c1-12(13-6-3-2-4-7-13)18-11-5-10-16-14(17)8-9-15;/h2-4,6-7,12H,5,8-11,15H2,1H3,(H,16,17);1H. The molecule has 1 unspecified atom stereocenters. The van der Waals surface area contributed by atoms with E-state index in [0.29, 0.717) is 26.1 Å². The second-order valence-electron chi connectivity index (χ2n) is 4.17. The fraction of sp³-hybridized carbons (Fsp3) is 0.500. The monoisotopic (exact) mass is 286 g/mol. The zero-order valence-electron chi connectivity index (χ0n) is 11.3. The Labute approximate surface area is 121 Å². The van der Waals surface area contributed by atoms with E-state index in [2.05, 4.69) is 5.32 Å². The summed E-state index contributed by atoms with van der Waals surface area (Å²) in [5.41, 5.74) is 6.45. The lowest BCUT2D eigenvalue weighted by Crippen LogP contribution is -2.27. The van der Waals surface area contributed by atoms with Gasteiger partial charge in [-0.1, -0.05) is 30.3 Å². The van der Waals surface area contributed by atoms with E-state index < -0.39 is 0 Å². The zero-order chi connectivity index (χ0) is 13.2. The molecule has 108 valence electrons. The third kappa shape index (κ3) is 7.82. The van der Waals surface area contributed by atoms with Crippen molar-refractivity contribution in [1.29, 1.82) is 0 Å². The smallest absolute Gasteiger partial charge is 0.221 e. The Balaban J connectivity index is 0.00000324. The van der Waals surface area contributed by atoms with Crippen LogP contribution in [0.3, 0.4) is 0 Å². The number of halogens is 1. The van der Waals surface area contributed by atoms with Gasteiger partial charge in [0.05, 0.1) is 6.10 Å². The van der Waals surface area contributed by atoms with Gasteiger partial charge in [0, 0.05) is 26.1 Å². The van der Waals surface area contributed by atoms with Crippen molar-refractivity contribution in [1.82, 2.24) is 5.32 Å². The number of rotatable bonds is 8. The number of carbonyl (C=O) groups is 1. The maximum Gasteiger partial charge on any atom is 0.221 e. The van der Waals surface area contributed by atoms with Crippen molar-refractivity contribution < 1.29 is 9.53 Å². The van der Waals surface area contributed by atoms with Crippen LogP contribution < -0.4 is 11.1 Å². The first-order valence-corrected chi connectivity index (χ1v) is 6.37. The van der Waals surface area contributed by atoms with Crippen molar-refractivity contribution in [2.45, 2.75) is 25.9 Å². The van der Waals surface area contributed by atoms with E-state index in [-0.39, 0.29) is 24.4 Å². The fourth-order valence-electron chi connectivity index (χ4n) is 1.60. The lowest BCUT2D eigenvalue weighted by molar-refractivity contribution is -0.120. The Kier molecular flexibility index (Phi) is 10.2. The summed E-state index contributed by atoms with van der Waals surface area (Å²) in [6.45, 7) is 3.70. The minimum Gasteiger partial charge on any atom is -0.374 e. The molecule has 1 aromatic carbocycles. The molecule has 5 heteroatoms. The summed E-state index contributed by atoms with van der Waals surface area (Å²) in [6.07, 6.45) is 1.29. The molecule has 0 aliphatic rings. The third-order valence-electron chi connectivity index (χ3n) is 2.65. The van der Waals surface area contributed by atoms with Gasteiger partial charge in [0.25, 0.3) is 0 Å². The Morgan fingerprint density at radius 3 is 2.68 bits per heavy atom. The molecule has 0 saturated heterocycles. The van der Waals surface area contributed by atoms with Crippen LogP contribution in [0.15, 0.2) is 30.3 Å². The zero-order valence-corrected chi connectivity index (χ0v) is 12.1. The Bertz CT molecular complexity index is 347. The molecule has 1 atom stereocenters. The molecule has 0 heterocycles. The average molecular weight is 287 g/mol. The molecule has 0 saturated carbocycles. The van der Waals surface area contributed by atoms with Crippen LogP contribution in [0.1, 0.15) is 31.4 Å². The Hall–Kier alpha value is -1.10. The average Bonchev–Trinajstić information content (AvgIpc) is 2.39. The van der Waals surface area contributed by atoms with Crippen LogP contribution in [0, 0.1) is 0 Å². The molecule has 4 nitrogen and oxygen atoms in total. The van der Waals surface area contributed by atoms with Gasteiger partial charge in [-0.15, -0.1) is 12.4 Å². The highest BCUT2D eigenvalue weighted by atomic mass is 35.5. The van der Waals surface area contributed by atoms with Crippen molar-refractivity contribution in [2.24, 2.45) is 5.73 Å². The first-order valence-electron chi connectivity index (χ1n) is 6.37. The van der Waals surface area contributed by atoms with Crippen LogP contribution in [0.5, 0.6) is 0 Å². The van der Waals surface area contributed by atoms with E-state index >= 15 is 0 Å². The number of amides is 1. The highest BCUT2D eigenvalue weighted by Gasteiger charge is 2.04. The topological polar surface area (TPSA) is 64.3 Å². The molecule has 19 heavy (non-hydrogen) atoms. The quantitative estimate of drug-likeness (QED) is 0.719. The largest absolute Gasteiger partial charge is 0.374 e. The summed E-state index contributed by atoms with van der Waals surface area (Å²) in [5.74, 6) is 0.00797. The molecule has 3 N–H and O–H groups in total. The number of benzene rings is 1. The predicted octanol–water partition coefficient (Wildman–Crippen LogP) is 2.04. The van der Waals surface area contributed by atoms with Gasteiger partial charge < -0.3 is 15.8 Å². The molecule has 1 aromatic rings. The minimum absolute atomic E-state index is 0. The number of hydrogen-bond donors (Lipinski definition) is 2. The van der Waals surface area contributed by atoms with E-state index in [1.807, 2.05) is 37.3 Å². The normalized spacial score (nSPS) is 11.5. The predicted molar refractivity (Wildman–Crippen MR) is 79.4 cm³/mol. The number of carbonyl (C=O) groups excluding carboxylic acids is 1. The number of hydrogen-bond acceptors (Lipinski definition) is 3. The first kappa shape index (κ1) is 17.9. The lowest BCUT2D eigenvalue weighted by atomic mass is 10.1. The molecule has 0 radical (unpaired) electrons. The molecule has 0 spiro atoms. The molecule has 0 aliphatic heterocycles. The summed E-state index contributed by atoms with van der Waals surface area (Å²) in [4.78, 5) is 11.1. The summed E-state index contributed by atoms with van der Waals surface area (Å²) >= 11 is 0. The molecular formula is C14H23ClN2O2. The SMILES string of the molecule is CC(OCCCNC(=O)CCN)c1ccccc1.Cl. The van der Waals surface area contributed by atoms with Gasteiger partial charge in [-0.3, -0.25) is 4.79 Å². The summed E-state index contributed by atoms with van der Waals surface area (Å²) in [5, 5.41) is 2.80. The van der Waals surface area contributed by atoms with Gasteiger partial charge >= 0.3 is 0 Å². The Morgan fingerprint density at radius 2 is 2.05 bits per heavy atom. The van der Waals surface area contributed by atoms with E-state index in [0.717, 1.165) is 6.42 Å². The van der Waals surface area contributed by atoms with Crippen LogP contribution in [0.25, 0.3) is 0 Å². The molecule has 0 aromatic heterocycles. The highest BCUT2D eigenvalue weighted by Crippen LogP contribution is 2.15. The van der Waals surface area contributed by atoms with Crippen molar-refractivity contribution in [3.63, 3.8) is 0 Å². The number of ether oxygens (including phenoxy) is 1. The van der Waals surface area contributed by atoms with Gasteiger partial charge in [0.2, 0.25) is 5.91 Å². The molecule has 0 fully saturated rings. The minimum atomic E-state index is 0. The second kappa shape index (κ2) is 10.8. The first-order chi connectivity index (χ1) is 8.74. The maximum absolute atomic E-state index is 11.1. The molecule has 1 rings (SSSR count). The third-order valence-corrected chi connectivity index (χ3v) is 2.65. The van der Waals surface area contributed by atoms with Crippen LogP contribution in [0.4, 0.5) is 0 Å². The lowest BCUT2D eigenvalue weighted by Gasteiger charge is -2.13. The van der Waals surface area contributed by atoms with Gasteiger partial charge in [0.1, 0.15) is 0 Å².